The van der Waals surface area contributed by atoms with Gasteiger partial charge in [0.05, 0.1) is 5.69 Å². The van der Waals surface area contributed by atoms with Crippen molar-refractivity contribution in [2.24, 2.45) is 7.05 Å². The Labute approximate surface area is 106 Å². The van der Waals surface area contributed by atoms with E-state index in [2.05, 4.69) is 10.4 Å². The number of hydrogen-bond acceptors (Lipinski definition) is 3. The van der Waals surface area contributed by atoms with Gasteiger partial charge in [0, 0.05) is 13.1 Å². The number of nitrogens with one attached hydrogen (secondary N) is 1. The Morgan fingerprint density at radius 3 is 2.56 bits per heavy atom. The molecule has 5 nitrogen and oxygen atoms in total. The Bertz CT molecular complexity index is 528. The van der Waals surface area contributed by atoms with E-state index in [0.717, 1.165) is 25.7 Å². The Kier molecular flexibility index (Phi) is 3.50. The third-order valence-corrected chi connectivity index (χ3v) is 3.64. The average Bonchev–Trinajstić information content (AvgIpc) is 2.79. The van der Waals surface area contributed by atoms with Crippen LogP contribution in [0.15, 0.2) is 4.79 Å². The van der Waals surface area contributed by atoms with Gasteiger partial charge in [-0.15, -0.1) is 0 Å². The summed E-state index contributed by atoms with van der Waals surface area (Å²) in [6.45, 7) is 3.58. The molecule has 1 aliphatic rings. The second-order valence-electron chi connectivity index (χ2n) is 4.97. The van der Waals surface area contributed by atoms with Gasteiger partial charge in [-0.25, -0.2) is 4.68 Å². The monoisotopic (exact) mass is 249 g/mol. The molecule has 1 fully saturated rings. The molecule has 98 valence electrons. The Morgan fingerprint density at radius 1 is 1.33 bits per heavy atom. The Morgan fingerprint density at radius 2 is 1.94 bits per heavy atom. The first-order valence-corrected chi connectivity index (χ1v) is 6.36. The molecule has 2 rings (SSSR count). The van der Waals surface area contributed by atoms with Crippen molar-refractivity contribution in [3.63, 3.8) is 0 Å². The van der Waals surface area contributed by atoms with Crippen LogP contribution in [0.1, 0.15) is 47.3 Å². The smallest absolute Gasteiger partial charge is 0.279 e. The first-order valence-electron chi connectivity index (χ1n) is 6.36. The number of hydrogen-bond donors (Lipinski definition) is 1. The molecule has 1 N–H and O–H groups in total. The van der Waals surface area contributed by atoms with Crippen LogP contribution in [0.25, 0.3) is 0 Å². The second-order valence-corrected chi connectivity index (χ2v) is 4.97. The first-order chi connectivity index (χ1) is 8.50. The zero-order valence-electron chi connectivity index (χ0n) is 11.1. The van der Waals surface area contributed by atoms with E-state index >= 15 is 0 Å². The van der Waals surface area contributed by atoms with Crippen LogP contribution in [0, 0.1) is 13.8 Å². The van der Waals surface area contributed by atoms with E-state index in [4.69, 9.17) is 0 Å². The van der Waals surface area contributed by atoms with Crippen molar-refractivity contribution in [3.8, 4) is 0 Å². The molecule has 1 heterocycles. The van der Waals surface area contributed by atoms with Gasteiger partial charge in [-0.2, -0.15) is 5.10 Å². The van der Waals surface area contributed by atoms with E-state index in [0.29, 0.717) is 11.3 Å². The van der Waals surface area contributed by atoms with Crippen molar-refractivity contribution in [1.82, 2.24) is 15.1 Å². The van der Waals surface area contributed by atoms with Crippen LogP contribution >= 0.6 is 0 Å². The number of aryl methyl sites for hydroxylation is 2. The maximum atomic E-state index is 12.2. The van der Waals surface area contributed by atoms with E-state index in [1.165, 1.54) is 4.68 Å². The highest BCUT2D eigenvalue weighted by Crippen LogP contribution is 2.18. The minimum Gasteiger partial charge on any atom is -0.349 e. The van der Waals surface area contributed by atoms with E-state index in [9.17, 15) is 9.59 Å². The van der Waals surface area contributed by atoms with Crippen LogP contribution in [-0.4, -0.2) is 21.7 Å². The predicted molar refractivity (Wildman–Crippen MR) is 68.7 cm³/mol. The molecule has 5 heteroatoms. The van der Waals surface area contributed by atoms with Gasteiger partial charge in [0.15, 0.2) is 0 Å². The topological polar surface area (TPSA) is 64.0 Å². The maximum absolute atomic E-state index is 12.2. The zero-order chi connectivity index (χ0) is 13.3. The van der Waals surface area contributed by atoms with Gasteiger partial charge in [0.2, 0.25) is 0 Å². The van der Waals surface area contributed by atoms with E-state index in [1.54, 1.807) is 20.9 Å². The number of nitrogens with zero attached hydrogens (tertiary/aromatic N) is 2. The lowest BCUT2D eigenvalue weighted by Gasteiger charge is -2.14. The molecule has 0 atom stereocenters. The minimum atomic E-state index is -0.325. The summed E-state index contributed by atoms with van der Waals surface area (Å²) >= 11 is 0. The molecule has 1 saturated carbocycles. The number of aromatic nitrogens is 2. The molecule has 1 amide bonds. The van der Waals surface area contributed by atoms with Crippen LogP contribution < -0.4 is 10.9 Å². The summed E-state index contributed by atoms with van der Waals surface area (Å²) in [6.07, 6.45) is 4.32. The lowest BCUT2D eigenvalue weighted by atomic mass is 10.1. The van der Waals surface area contributed by atoms with Gasteiger partial charge >= 0.3 is 0 Å². The molecule has 1 aliphatic carbocycles. The number of carbonyl (C=O) groups excluding carboxylic acids is 1. The summed E-state index contributed by atoms with van der Waals surface area (Å²) in [4.78, 5) is 24.2. The van der Waals surface area contributed by atoms with Crippen molar-refractivity contribution in [3.05, 3.63) is 27.2 Å². The lowest BCUT2D eigenvalue weighted by Crippen LogP contribution is -2.39. The summed E-state index contributed by atoms with van der Waals surface area (Å²) in [6, 6.07) is 0.218. The van der Waals surface area contributed by atoms with Crippen LogP contribution in [0.2, 0.25) is 0 Å². The molecule has 0 spiro atoms. The normalized spacial score (nSPS) is 15.9. The summed E-state index contributed by atoms with van der Waals surface area (Å²) in [5, 5.41) is 7.02. The van der Waals surface area contributed by atoms with Gasteiger partial charge in [-0.3, -0.25) is 9.59 Å². The Hall–Kier alpha value is -1.65. The van der Waals surface area contributed by atoms with E-state index < -0.39 is 0 Å². The molecular formula is C13H19N3O2. The molecule has 0 bridgehead atoms. The molecule has 1 aromatic rings. The third kappa shape index (κ3) is 2.30. The fourth-order valence-corrected chi connectivity index (χ4v) is 2.44. The van der Waals surface area contributed by atoms with Crippen LogP contribution in [0.4, 0.5) is 0 Å². The summed E-state index contributed by atoms with van der Waals surface area (Å²) in [7, 11) is 1.57. The SMILES string of the molecule is Cc1nn(C)c(=O)c(C(=O)NC2CCCC2)c1C. The summed E-state index contributed by atoms with van der Waals surface area (Å²) in [5.74, 6) is -0.259. The highest BCUT2D eigenvalue weighted by molar-refractivity contribution is 5.95. The molecular weight excluding hydrogens is 230 g/mol. The first kappa shape index (κ1) is 12.8. The van der Waals surface area contributed by atoms with E-state index in [-0.39, 0.29) is 23.1 Å². The molecule has 0 radical (unpaired) electrons. The fourth-order valence-electron chi connectivity index (χ4n) is 2.44. The summed E-state index contributed by atoms with van der Waals surface area (Å²) in [5.41, 5.74) is 1.30. The quantitative estimate of drug-likeness (QED) is 0.852. The number of carbonyl (C=O) groups is 1. The maximum Gasteiger partial charge on any atom is 0.279 e. The van der Waals surface area contributed by atoms with Gasteiger partial charge < -0.3 is 5.32 Å². The second kappa shape index (κ2) is 4.92. The molecule has 0 unspecified atom stereocenters. The van der Waals surface area contributed by atoms with Crippen molar-refractivity contribution in [1.29, 1.82) is 0 Å². The standard InChI is InChI=1S/C13H19N3O2/c1-8-9(2)15-16(3)13(18)11(8)12(17)14-10-6-4-5-7-10/h10H,4-7H2,1-3H3,(H,14,17). The van der Waals surface area contributed by atoms with Crippen LogP contribution in [-0.2, 0) is 7.05 Å². The van der Waals surface area contributed by atoms with E-state index in [1.807, 2.05) is 0 Å². The number of amides is 1. The molecule has 18 heavy (non-hydrogen) atoms. The van der Waals surface area contributed by atoms with Gasteiger partial charge in [-0.1, -0.05) is 12.8 Å². The zero-order valence-corrected chi connectivity index (χ0v) is 11.1. The highest BCUT2D eigenvalue weighted by atomic mass is 16.2. The number of rotatable bonds is 2. The Balaban J connectivity index is 2.32. The van der Waals surface area contributed by atoms with Gasteiger partial charge in [-0.05, 0) is 32.3 Å². The largest absolute Gasteiger partial charge is 0.349 e. The summed E-state index contributed by atoms with van der Waals surface area (Å²) < 4.78 is 1.23. The van der Waals surface area contributed by atoms with Crippen molar-refractivity contribution in [2.45, 2.75) is 45.6 Å². The minimum absolute atomic E-state index is 0.218. The molecule has 0 saturated heterocycles. The highest BCUT2D eigenvalue weighted by Gasteiger charge is 2.22. The molecule has 0 aromatic carbocycles. The van der Waals surface area contributed by atoms with Crippen molar-refractivity contribution >= 4 is 5.91 Å². The predicted octanol–water partition coefficient (Wildman–Crippen LogP) is 1.07. The lowest BCUT2D eigenvalue weighted by molar-refractivity contribution is 0.0934. The van der Waals surface area contributed by atoms with Crippen LogP contribution in [0.3, 0.4) is 0 Å². The third-order valence-electron chi connectivity index (χ3n) is 3.64. The van der Waals surface area contributed by atoms with Crippen molar-refractivity contribution < 1.29 is 4.79 Å². The molecule has 0 aliphatic heterocycles. The van der Waals surface area contributed by atoms with Crippen LogP contribution in [0.5, 0.6) is 0 Å². The van der Waals surface area contributed by atoms with Gasteiger partial charge in [0.1, 0.15) is 5.56 Å². The molecule has 1 aromatic heterocycles. The van der Waals surface area contributed by atoms with Gasteiger partial charge in [0.25, 0.3) is 11.5 Å². The fraction of sp³-hybridized carbons (Fsp3) is 0.615. The average molecular weight is 249 g/mol. The van der Waals surface area contributed by atoms with Crippen molar-refractivity contribution in [2.75, 3.05) is 0 Å².